The quantitative estimate of drug-likeness (QED) is 0.798. The Morgan fingerprint density at radius 1 is 1.47 bits per heavy atom. The van der Waals surface area contributed by atoms with Crippen molar-refractivity contribution in [2.75, 3.05) is 19.7 Å². The Kier molecular flexibility index (Phi) is 4.77. The Balaban J connectivity index is 2.52. The minimum atomic E-state index is -0.492. The summed E-state index contributed by atoms with van der Waals surface area (Å²) in [6, 6.07) is 0. The van der Waals surface area contributed by atoms with E-state index in [0.29, 0.717) is 26.1 Å². The maximum absolute atomic E-state index is 11.8. The van der Waals surface area contributed by atoms with Gasteiger partial charge in [-0.05, 0) is 34.1 Å². The van der Waals surface area contributed by atoms with Gasteiger partial charge in [0.25, 0.3) is 0 Å². The number of hydrogen-bond acceptors (Lipinski definition) is 4. The maximum atomic E-state index is 11.8. The molecule has 17 heavy (non-hydrogen) atoms. The molecule has 0 aromatic heterocycles. The molecule has 1 aliphatic heterocycles. The first kappa shape index (κ1) is 14.3. The van der Waals surface area contributed by atoms with E-state index in [2.05, 4.69) is 0 Å². The molecular weight excluding hydrogens is 222 g/mol. The lowest BCUT2D eigenvalue weighted by Crippen LogP contribution is -2.51. The molecule has 0 radical (unpaired) electrons. The van der Waals surface area contributed by atoms with Gasteiger partial charge in [-0.2, -0.15) is 0 Å². The summed E-state index contributed by atoms with van der Waals surface area (Å²) in [7, 11) is 0. The van der Waals surface area contributed by atoms with Crippen molar-refractivity contribution in [1.82, 2.24) is 4.90 Å². The third kappa shape index (κ3) is 4.52. The van der Waals surface area contributed by atoms with Crippen LogP contribution >= 0.6 is 0 Å². The van der Waals surface area contributed by atoms with Crippen LogP contribution < -0.4 is 0 Å². The number of aliphatic hydroxyl groups is 1. The molecule has 5 heteroatoms. The molecule has 2 atom stereocenters. The molecule has 100 valence electrons. The third-order valence-electron chi connectivity index (χ3n) is 2.56. The van der Waals surface area contributed by atoms with Crippen molar-refractivity contribution in [3.05, 3.63) is 0 Å². The summed E-state index contributed by atoms with van der Waals surface area (Å²) in [5.74, 6) is 0. The Labute approximate surface area is 103 Å². The molecule has 1 fully saturated rings. The van der Waals surface area contributed by atoms with Gasteiger partial charge in [0.15, 0.2) is 0 Å². The van der Waals surface area contributed by atoms with Gasteiger partial charge >= 0.3 is 6.09 Å². The monoisotopic (exact) mass is 245 g/mol. The number of aliphatic hydroxyl groups excluding tert-OH is 1. The molecule has 0 aromatic carbocycles. The van der Waals surface area contributed by atoms with E-state index >= 15 is 0 Å². The average molecular weight is 245 g/mol. The average Bonchev–Trinajstić information content (AvgIpc) is 2.19. The number of likely N-dealkylation sites (tertiary alicyclic amines) is 1. The van der Waals surface area contributed by atoms with Gasteiger partial charge in [0, 0.05) is 13.2 Å². The van der Waals surface area contributed by atoms with Gasteiger partial charge in [0.1, 0.15) is 11.7 Å². The predicted octanol–water partition coefficient (Wildman–Crippen LogP) is 1.39. The smallest absolute Gasteiger partial charge is 0.410 e. The molecule has 0 unspecified atom stereocenters. The fourth-order valence-electron chi connectivity index (χ4n) is 1.77. The van der Waals surface area contributed by atoms with E-state index in [1.165, 1.54) is 0 Å². The van der Waals surface area contributed by atoms with Crippen molar-refractivity contribution in [2.45, 2.75) is 51.9 Å². The number of amides is 1. The Hall–Kier alpha value is -0.810. The highest BCUT2D eigenvalue weighted by molar-refractivity contribution is 5.68. The molecular formula is C12H23NO4. The van der Waals surface area contributed by atoms with E-state index < -0.39 is 11.7 Å². The zero-order valence-corrected chi connectivity index (χ0v) is 11.1. The molecule has 0 saturated carbocycles. The SMILES string of the molecule is CCO[C@@H]1CN(C(=O)OC(C)(C)C)CC[C@H]1O. The lowest BCUT2D eigenvalue weighted by molar-refractivity contribution is -0.0780. The van der Waals surface area contributed by atoms with Gasteiger partial charge in [-0.3, -0.25) is 0 Å². The second-order valence-electron chi connectivity index (χ2n) is 5.28. The van der Waals surface area contributed by atoms with Crippen molar-refractivity contribution >= 4 is 6.09 Å². The van der Waals surface area contributed by atoms with E-state index in [1.807, 2.05) is 27.7 Å². The summed E-state index contributed by atoms with van der Waals surface area (Å²) in [5.41, 5.74) is -0.492. The number of nitrogens with zero attached hydrogens (tertiary/aromatic N) is 1. The minimum absolute atomic E-state index is 0.304. The lowest BCUT2D eigenvalue weighted by atomic mass is 10.1. The van der Waals surface area contributed by atoms with Crippen LogP contribution in [0.2, 0.25) is 0 Å². The first-order valence-electron chi connectivity index (χ1n) is 6.11. The van der Waals surface area contributed by atoms with Crippen LogP contribution in [0.1, 0.15) is 34.1 Å². The van der Waals surface area contributed by atoms with Gasteiger partial charge in [0.2, 0.25) is 0 Å². The standard InChI is InChI=1S/C12H23NO4/c1-5-16-10-8-13(7-6-9(10)14)11(15)17-12(2,3)4/h9-10,14H,5-8H2,1-4H3/t9-,10-/m1/s1. The van der Waals surface area contributed by atoms with E-state index in [4.69, 9.17) is 9.47 Å². The summed E-state index contributed by atoms with van der Waals surface area (Å²) in [6.45, 7) is 8.82. The third-order valence-corrected chi connectivity index (χ3v) is 2.56. The van der Waals surface area contributed by atoms with Crippen LogP contribution in [-0.4, -0.2) is 53.6 Å². The van der Waals surface area contributed by atoms with Crippen molar-refractivity contribution < 1.29 is 19.4 Å². The highest BCUT2D eigenvalue weighted by Crippen LogP contribution is 2.17. The van der Waals surface area contributed by atoms with E-state index in [0.717, 1.165) is 0 Å². The zero-order chi connectivity index (χ0) is 13.1. The predicted molar refractivity (Wildman–Crippen MR) is 63.8 cm³/mol. The van der Waals surface area contributed by atoms with E-state index in [9.17, 15) is 9.90 Å². The van der Waals surface area contributed by atoms with Crippen molar-refractivity contribution in [3.63, 3.8) is 0 Å². The largest absolute Gasteiger partial charge is 0.444 e. The molecule has 0 aliphatic carbocycles. The van der Waals surface area contributed by atoms with Crippen LogP contribution in [0.3, 0.4) is 0 Å². The van der Waals surface area contributed by atoms with Gasteiger partial charge in [-0.15, -0.1) is 0 Å². The molecule has 1 N–H and O–H groups in total. The van der Waals surface area contributed by atoms with Crippen molar-refractivity contribution in [1.29, 1.82) is 0 Å². The number of ether oxygens (including phenoxy) is 2. The van der Waals surface area contributed by atoms with Crippen molar-refractivity contribution in [3.8, 4) is 0 Å². The second kappa shape index (κ2) is 5.69. The fraction of sp³-hybridized carbons (Fsp3) is 0.917. The van der Waals surface area contributed by atoms with Gasteiger partial charge < -0.3 is 19.5 Å². The normalized spacial score (nSPS) is 25.8. The van der Waals surface area contributed by atoms with Gasteiger partial charge in [-0.1, -0.05) is 0 Å². The summed E-state index contributed by atoms with van der Waals surface area (Å²) in [4.78, 5) is 13.4. The maximum Gasteiger partial charge on any atom is 0.410 e. The molecule has 1 rings (SSSR count). The molecule has 0 aromatic rings. The molecule has 5 nitrogen and oxygen atoms in total. The van der Waals surface area contributed by atoms with Crippen LogP contribution in [0.25, 0.3) is 0 Å². The Morgan fingerprint density at radius 2 is 2.12 bits per heavy atom. The summed E-state index contributed by atoms with van der Waals surface area (Å²) in [5, 5.41) is 9.73. The van der Waals surface area contributed by atoms with E-state index in [1.54, 1.807) is 4.90 Å². The zero-order valence-electron chi connectivity index (χ0n) is 11.1. The highest BCUT2D eigenvalue weighted by Gasteiger charge is 2.32. The Morgan fingerprint density at radius 3 is 2.65 bits per heavy atom. The van der Waals surface area contributed by atoms with Gasteiger partial charge in [-0.25, -0.2) is 4.79 Å². The molecule has 0 spiro atoms. The van der Waals surface area contributed by atoms with Crippen LogP contribution in [0.15, 0.2) is 0 Å². The molecule has 1 saturated heterocycles. The lowest BCUT2D eigenvalue weighted by Gasteiger charge is -2.36. The highest BCUT2D eigenvalue weighted by atomic mass is 16.6. The number of hydrogen-bond donors (Lipinski definition) is 1. The van der Waals surface area contributed by atoms with Crippen LogP contribution in [0.4, 0.5) is 4.79 Å². The molecule has 1 heterocycles. The summed E-state index contributed by atoms with van der Waals surface area (Å²) >= 11 is 0. The molecule has 1 amide bonds. The minimum Gasteiger partial charge on any atom is -0.444 e. The fourth-order valence-corrected chi connectivity index (χ4v) is 1.77. The molecule has 1 aliphatic rings. The first-order chi connectivity index (χ1) is 7.83. The second-order valence-corrected chi connectivity index (χ2v) is 5.28. The summed E-state index contributed by atoms with van der Waals surface area (Å²) < 4.78 is 10.7. The van der Waals surface area contributed by atoms with Crippen LogP contribution in [0, 0.1) is 0 Å². The summed E-state index contributed by atoms with van der Waals surface area (Å²) in [6.07, 6.45) is -0.604. The number of carbonyl (C=O) groups excluding carboxylic acids is 1. The number of carbonyl (C=O) groups is 1. The number of piperidine rings is 1. The van der Waals surface area contributed by atoms with E-state index in [-0.39, 0.29) is 12.2 Å². The van der Waals surface area contributed by atoms with Crippen molar-refractivity contribution in [2.24, 2.45) is 0 Å². The Bertz CT molecular complexity index is 262. The molecule has 0 bridgehead atoms. The number of rotatable bonds is 2. The first-order valence-corrected chi connectivity index (χ1v) is 6.11. The van der Waals surface area contributed by atoms with Gasteiger partial charge in [0.05, 0.1) is 12.6 Å². The topological polar surface area (TPSA) is 59.0 Å². The van der Waals surface area contributed by atoms with Crippen LogP contribution in [-0.2, 0) is 9.47 Å². The van der Waals surface area contributed by atoms with Crippen LogP contribution in [0.5, 0.6) is 0 Å².